The molecule has 0 atom stereocenters. The predicted octanol–water partition coefficient (Wildman–Crippen LogP) is 1.36. The number of benzene rings is 1. The Morgan fingerprint density at radius 3 is 1.85 bits per heavy atom. The molecule has 0 saturated heterocycles. The van der Waals surface area contributed by atoms with Crippen LogP contribution in [0.3, 0.4) is 0 Å². The van der Waals surface area contributed by atoms with Gasteiger partial charge in [0.25, 0.3) is 11.4 Å². The van der Waals surface area contributed by atoms with Crippen molar-refractivity contribution in [3.8, 4) is 0 Å². The molecular formula is C8H11NaO3S. The Balaban J connectivity index is 0. The molecule has 1 aromatic carbocycles. The molecule has 5 heteroatoms. The summed E-state index contributed by atoms with van der Waals surface area (Å²) in [5.41, 5.74) is 1.17. The van der Waals surface area contributed by atoms with Crippen LogP contribution in [0.2, 0.25) is 0 Å². The number of hydrogen-bond acceptors (Lipinski definition) is 1. The standard InChI is InChI=1S/C8H8.Na.H2O3S.H/c1-2-8-6-4-3-5-7-8;;1-4(2)3;/h2-7H,1H2;;(H2,1,2,3);. The number of hydrogen-bond donors (Lipinski definition) is 2. The van der Waals surface area contributed by atoms with Crippen LogP contribution in [0.5, 0.6) is 0 Å². The Kier molecular flexibility index (Phi) is 12.1. The minimum absolute atomic E-state index is 0. The van der Waals surface area contributed by atoms with Crippen molar-refractivity contribution in [2.75, 3.05) is 0 Å². The Morgan fingerprint density at radius 2 is 1.62 bits per heavy atom. The van der Waals surface area contributed by atoms with Crippen molar-refractivity contribution in [2.24, 2.45) is 0 Å². The summed E-state index contributed by atoms with van der Waals surface area (Å²) in [6.45, 7) is 3.63. The minimum atomic E-state index is -2.61. The normalized spacial score (nSPS) is 7.92. The van der Waals surface area contributed by atoms with Gasteiger partial charge in [-0.15, -0.1) is 0 Å². The molecule has 2 N–H and O–H groups in total. The Hall–Kier alpha value is 0.0300. The van der Waals surface area contributed by atoms with E-state index in [0.29, 0.717) is 0 Å². The van der Waals surface area contributed by atoms with Crippen molar-refractivity contribution in [3.05, 3.63) is 42.5 Å². The average Bonchev–Trinajstić information content (AvgIpc) is 2.05. The fourth-order valence-corrected chi connectivity index (χ4v) is 0.589. The molecular weight excluding hydrogens is 199 g/mol. The van der Waals surface area contributed by atoms with E-state index in [1.54, 1.807) is 0 Å². The van der Waals surface area contributed by atoms with Crippen molar-refractivity contribution >= 4 is 47.0 Å². The summed E-state index contributed by atoms with van der Waals surface area (Å²) in [5, 5.41) is 0. The van der Waals surface area contributed by atoms with E-state index in [-0.39, 0.29) is 29.6 Å². The Labute approximate surface area is 102 Å². The fraction of sp³-hybridized carbons (Fsp3) is 0. The first-order valence-corrected chi connectivity index (χ1v) is 4.20. The van der Waals surface area contributed by atoms with Gasteiger partial charge in [-0.3, -0.25) is 9.11 Å². The van der Waals surface area contributed by atoms with E-state index in [1.807, 2.05) is 36.4 Å². The van der Waals surface area contributed by atoms with Crippen LogP contribution < -0.4 is 0 Å². The van der Waals surface area contributed by atoms with Crippen molar-refractivity contribution in [3.63, 3.8) is 0 Å². The second-order valence-electron chi connectivity index (χ2n) is 1.85. The van der Waals surface area contributed by atoms with E-state index in [2.05, 4.69) is 6.58 Å². The van der Waals surface area contributed by atoms with E-state index >= 15 is 0 Å². The first-order chi connectivity index (χ1) is 5.66. The summed E-state index contributed by atoms with van der Waals surface area (Å²) in [5.74, 6) is 0. The van der Waals surface area contributed by atoms with Gasteiger partial charge in [-0.25, -0.2) is 0 Å². The van der Waals surface area contributed by atoms with Crippen LogP contribution in [0.15, 0.2) is 36.9 Å². The molecule has 0 radical (unpaired) electrons. The van der Waals surface area contributed by atoms with E-state index in [0.717, 1.165) is 0 Å². The zero-order chi connectivity index (χ0) is 9.40. The topological polar surface area (TPSA) is 57.5 Å². The average molecular weight is 210 g/mol. The molecule has 0 aromatic heterocycles. The predicted molar refractivity (Wildman–Crippen MR) is 57.1 cm³/mol. The molecule has 0 fully saturated rings. The quantitative estimate of drug-likeness (QED) is 0.543. The first kappa shape index (κ1) is 15.5. The molecule has 0 amide bonds. The van der Waals surface area contributed by atoms with Gasteiger partial charge in [-0.1, -0.05) is 43.0 Å². The van der Waals surface area contributed by atoms with Gasteiger partial charge < -0.3 is 0 Å². The van der Waals surface area contributed by atoms with Crippen LogP contribution in [0.25, 0.3) is 6.08 Å². The van der Waals surface area contributed by atoms with Gasteiger partial charge in [0.05, 0.1) is 0 Å². The zero-order valence-corrected chi connectivity index (χ0v) is 7.20. The van der Waals surface area contributed by atoms with E-state index < -0.39 is 11.4 Å². The van der Waals surface area contributed by atoms with Gasteiger partial charge in [0.1, 0.15) is 0 Å². The Morgan fingerprint density at radius 1 is 1.23 bits per heavy atom. The molecule has 1 aromatic rings. The van der Waals surface area contributed by atoms with Crippen LogP contribution in [-0.2, 0) is 11.4 Å². The van der Waals surface area contributed by atoms with Crippen molar-refractivity contribution in [1.82, 2.24) is 0 Å². The molecule has 0 unspecified atom stereocenters. The van der Waals surface area contributed by atoms with E-state index in [4.69, 9.17) is 13.3 Å². The van der Waals surface area contributed by atoms with Crippen LogP contribution >= 0.6 is 0 Å². The number of rotatable bonds is 1. The summed E-state index contributed by atoms with van der Waals surface area (Å²) >= 11 is -2.61. The second-order valence-corrected chi connectivity index (χ2v) is 2.31. The van der Waals surface area contributed by atoms with Gasteiger partial charge in [0.2, 0.25) is 0 Å². The molecule has 0 aliphatic carbocycles. The van der Waals surface area contributed by atoms with Gasteiger partial charge in [0.15, 0.2) is 0 Å². The Bertz CT molecular complexity index is 247. The van der Waals surface area contributed by atoms with Gasteiger partial charge in [-0.05, 0) is 5.56 Å². The second kappa shape index (κ2) is 10.1. The molecule has 0 saturated carbocycles. The maximum atomic E-state index is 8.67. The van der Waals surface area contributed by atoms with E-state index in [9.17, 15) is 0 Å². The first-order valence-electron chi connectivity index (χ1n) is 3.14. The van der Waals surface area contributed by atoms with Crippen molar-refractivity contribution < 1.29 is 13.3 Å². The third-order valence-corrected chi connectivity index (χ3v) is 1.04. The summed E-state index contributed by atoms with van der Waals surface area (Å²) < 4.78 is 22.8. The summed E-state index contributed by atoms with van der Waals surface area (Å²) in [7, 11) is 0. The van der Waals surface area contributed by atoms with Gasteiger partial charge in [-0.2, -0.15) is 4.21 Å². The molecule has 1 rings (SSSR count). The SMILES string of the molecule is C=Cc1ccccc1.O=S(O)O.[NaH]. The molecule has 13 heavy (non-hydrogen) atoms. The molecule has 0 spiro atoms. The van der Waals surface area contributed by atoms with Gasteiger partial charge in [0, 0.05) is 0 Å². The zero-order valence-electron chi connectivity index (χ0n) is 6.38. The molecule has 0 heterocycles. The molecule has 3 nitrogen and oxygen atoms in total. The maximum absolute atomic E-state index is 8.67. The third-order valence-electron chi connectivity index (χ3n) is 1.04. The fourth-order valence-electron chi connectivity index (χ4n) is 0.589. The van der Waals surface area contributed by atoms with Gasteiger partial charge >= 0.3 is 29.6 Å². The monoisotopic (exact) mass is 210 g/mol. The molecule has 0 bridgehead atoms. The van der Waals surface area contributed by atoms with Crippen LogP contribution in [0.4, 0.5) is 0 Å². The summed E-state index contributed by atoms with van der Waals surface area (Å²) in [4.78, 5) is 0. The van der Waals surface area contributed by atoms with Crippen LogP contribution in [0, 0.1) is 0 Å². The molecule has 0 aliphatic rings. The van der Waals surface area contributed by atoms with Crippen LogP contribution in [-0.4, -0.2) is 42.9 Å². The summed E-state index contributed by atoms with van der Waals surface area (Å²) in [6, 6.07) is 10.0. The van der Waals surface area contributed by atoms with E-state index in [1.165, 1.54) is 5.56 Å². The molecule has 68 valence electrons. The molecule has 0 aliphatic heterocycles. The van der Waals surface area contributed by atoms with Crippen LogP contribution in [0.1, 0.15) is 5.56 Å². The van der Waals surface area contributed by atoms with Crippen molar-refractivity contribution in [2.45, 2.75) is 0 Å². The summed E-state index contributed by atoms with van der Waals surface area (Å²) in [6.07, 6.45) is 1.83. The van der Waals surface area contributed by atoms with Crippen molar-refractivity contribution in [1.29, 1.82) is 0 Å². The third kappa shape index (κ3) is 12.0.